The van der Waals surface area contributed by atoms with Crippen molar-refractivity contribution in [1.29, 1.82) is 0 Å². The van der Waals surface area contributed by atoms with Crippen molar-refractivity contribution in [2.24, 2.45) is 5.73 Å². The molecule has 1 heterocycles. The first-order valence-corrected chi connectivity index (χ1v) is 5.23. The Kier molecular flexibility index (Phi) is 3.20. The zero-order valence-electron chi connectivity index (χ0n) is 9.78. The van der Waals surface area contributed by atoms with Crippen LogP contribution >= 0.6 is 0 Å². The molecule has 1 unspecified atom stereocenters. The average Bonchev–Trinajstić information content (AvgIpc) is 2.55. The van der Waals surface area contributed by atoms with Gasteiger partial charge in [0.2, 0.25) is 17.4 Å². The smallest absolute Gasteiger partial charge is 0.308 e. The molecule has 5 nitrogen and oxygen atoms in total. The lowest BCUT2D eigenvalue weighted by Crippen LogP contribution is -2.13. The highest BCUT2D eigenvalue weighted by Gasteiger charge is 2.38. The van der Waals surface area contributed by atoms with Crippen LogP contribution in [0.2, 0.25) is 0 Å². The molecule has 2 rings (SSSR count). The molecule has 1 aliphatic heterocycles. The number of carbonyl (C=O) groups excluding carboxylic acids is 2. The second kappa shape index (κ2) is 4.68. The van der Waals surface area contributed by atoms with Crippen molar-refractivity contribution in [3.8, 4) is 0 Å². The summed E-state index contributed by atoms with van der Waals surface area (Å²) in [6.45, 7) is 1.09. The van der Waals surface area contributed by atoms with Crippen LogP contribution in [0.5, 0.6) is 0 Å². The molecule has 0 amide bonds. The maximum atomic E-state index is 13.1. The fraction of sp³-hybridized carbons (Fsp3) is 0.167. The van der Waals surface area contributed by atoms with Crippen LogP contribution in [0.4, 0.5) is 8.78 Å². The molecule has 1 aromatic rings. The minimum absolute atomic E-state index is 0.0485. The van der Waals surface area contributed by atoms with Gasteiger partial charge in [-0.25, -0.2) is 8.78 Å². The minimum Gasteiger partial charge on any atom is -0.460 e. The predicted octanol–water partition coefficient (Wildman–Crippen LogP) is 1.30. The van der Waals surface area contributed by atoms with Crippen LogP contribution in [0.15, 0.2) is 29.8 Å². The van der Waals surface area contributed by atoms with Gasteiger partial charge in [0.1, 0.15) is 11.6 Å². The first kappa shape index (κ1) is 13.0. The summed E-state index contributed by atoms with van der Waals surface area (Å²) < 4.78 is 35.7. The number of rotatable bonds is 2. The largest absolute Gasteiger partial charge is 0.460 e. The van der Waals surface area contributed by atoms with Crippen LogP contribution in [-0.4, -0.2) is 11.8 Å². The Morgan fingerprint density at radius 3 is 2.42 bits per heavy atom. The third kappa shape index (κ3) is 2.54. The Morgan fingerprint density at radius 2 is 1.89 bits per heavy atom. The molecule has 0 radical (unpaired) electrons. The number of hydrogen-bond acceptors (Lipinski definition) is 5. The summed E-state index contributed by atoms with van der Waals surface area (Å²) in [5.41, 5.74) is 5.34. The summed E-state index contributed by atoms with van der Waals surface area (Å²) in [6.07, 6.45) is -1.32. The molecule has 0 aromatic heterocycles. The molecule has 19 heavy (non-hydrogen) atoms. The number of Topliss-reactive ketones (excluding diaryl/α,β-unsaturated/α-hetero) is 1. The van der Waals surface area contributed by atoms with Crippen LogP contribution in [0.3, 0.4) is 0 Å². The second-order valence-corrected chi connectivity index (χ2v) is 3.85. The third-order valence-electron chi connectivity index (χ3n) is 2.36. The number of halogens is 2. The number of hydrogen-bond donors (Lipinski definition) is 1. The fourth-order valence-electron chi connectivity index (χ4n) is 1.66. The summed E-state index contributed by atoms with van der Waals surface area (Å²) in [7, 11) is 0. The number of benzene rings is 1. The van der Waals surface area contributed by atoms with Crippen molar-refractivity contribution in [2.75, 3.05) is 0 Å². The lowest BCUT2D eigenvalue weighted by molar-refractivity contribution is -0.140. The number of ketones is 1. The molecule has 1 atom stereocenters. The molecule has 1 aromatic carbocycles. The van der Waals surface area contributed by atoms with Crippen molar-refractivity contribution >= 4 is 11.8 Å². The SMILES string of the molecule is CC(=O)OC1=C(N)OC(c2cc(F)cc(F)c2)C1=O. The van der Waals surface area contributed by atoms with Crippen LogP contribution in [0.1, 0.15) is 18.6 Å². The monoisotopic (exact) mass is 269 g/mol. The lowest BCUT2D eigenvalue weighted by Gasteiger charge is -2.10. The summed E-state index contributed by atoms with van der Waals surface area (Å²) in [6, 6.07) is 2.54. The Bertz CT molecular complexity index is 577. The van der Waals surface area contributed by atoms with Gasteiger partial charge in [-0.2, -0.15) is 0 Å². The van der Waals surface area contributed by atoms with Gasteiger partial charge in [-0.05, 0) is 12.1 Å². The van der Waals surface area contributed by atoms with Gasteiger partial charge in [-0.15, -0.1) is 0 Å². The van der Waals surface area contributed by atoms with Crippen molar-refractivity contribution in [2.45, 2.75) is 13.0 Å². The molecule has 0 saturated heterocycles. The van der Waals surface area contributed by atoms with E-state index in [-0.39, 0.29) is 5.56 Å². The summed E-state index contributed by atoms with van der Waals surface area (Å²) in [4.78, 5) is 22.7. The minimum atomic E-state index is -1.32. The molecule has 0 spiro atoms. The first-order valence-electron chi connectivity index (χ1n) is 5.23. The number of ether oxygens (including phenoxy) is 2. The zero-order valence-corrected chi connectivity index (χ0v) is 9.78. The normalized spacial score (nSPS) is 18.5. The van der Waals surface area contributed by atoms with Crippen molar-refractivity contribution in [3.05, 3.63) is 47.0 Å². The molecular formula is C12H9F2NO4. The molecule has 0 saturated carbocycles. The van der Waals surface area contributed by atoms with Crippen molar-refractivity contribution < 1.29 is 27.8 Å². The van der Waals surface area contributed by atoms with E-state index in [0.29, 0.717) is 6.07 Å². The molecule has 0 aliphatic carbocycles. The van der Waals surface area contributed by atoms with E-state index in [1.54, 1.807) is 0 Å². The Hall–Kier alpha value is -2.44. The Labute approximate surface area is 106 Å². The maximum Gasteiger partial charge on any atom is 0.308 e. The zero-order chi connectivity index (χ0) is 14.2. The van der Waals surface area contributed by atoms with E-state index in [2.05, 4.69) is 4.74 Å². The highest BCUT2D eigenvalue weighted by atomic mass is 19.1. The molecule has 7 heteroatoms. The van der Waals surface area contributed by atoms with E-state index < -0.39 is 41.1 Å². The van der Waals surface area contributed by atoms with Crippen molar-refractivity contribution in [1.82, 2.24) is 0 Å². The van der Waals surface area contributed by atoms with Gasteiger partial charge in [0.05, 0.1) is 0 Å². The number of nitrogens with two attached hydrogens (primary N) is 1. The van der Waals surface area contributed by atoms with E-state index in [1.807, 2.05) is 0 Å². The van der Waals surface area contributed by atoms with Gasteiger partial charge >= 0.3 is 5.97 Å². The van der Waals surface area contributed by atoms with Crippen LogP contribution in [0.25, 0.3) is 0 Å². The van der Waals surface area contributed by atoms with Gasteiger partial charge in [-0.3, -0.25) is 9.59 Å². The summed E-state index contributed by atoms with van der Waals surface area (Å²) in [5.74, 6) is -4.08. The average molecular weight is 269 g/mol. The quantitative estimate of drug-likeness (QED) is 0.818. The van der Waals surface area contributed by atoms with Crippen molar-refractivity contribution in [3.63, 3.8) is 0 Å². The lowest BCUT2D eigenvalue weighted by atomic mass is 10.1. The fourth-order valence-corrected chi connectivity index (χ4v) is 1.66. The number of esters is 1. The van der Waals surface area contributed by atoms with Gasteiger partial charge in [0, 0.05) is 18.6 Å². The van der Waals surface area contributed by atoms with E-state index in [1.165, 1.54) is 0 Å². The van der Waals surface area contributed by atoms with Gasteiger partial charge < -0.3 is 15.2 Å². The third-order valence-corrected chi connectivity index (χ3v) is 2.36. The predicted molar refractivity (Wildman–Crippen MR) is 58.2 cm³/mol. The van der Waals surface area contributed by atoms with E-state index in [4.69, 9.17) is 10.5 Å². The first-order chi connectivity index (χ1) is 8.88. The second-order valence-electron chi connectivity index (χ2n) is 3.85. The van der Waals surface area contributed by atoms with Crippen LogP contribution < -0.4 is 5.73 Å². The summed E-state index contributed by atoms with van der Waals surface area (Å²) >= 11 is 0. The van der Waals surface area contributed by atoms with Crippen LogP contribution in [-0.2, 0) is 19.1 Å². The molecule has 2 N–H and O–H groups in total. The molecule has 100 valence electrons. The van der Waals surface area contributed by atoms with Gasteiger partial charge in [0.25, 0.3) is 0 Å². The molecule has 1 aliphatic rings. The standard InChI is InChI=1S/C12H9F2NO4/c1-5(16)18-11-9(17)10(19-12(11)15)6-2-7(13)4-8(14)3-6/h2-4,10H,15H2,1H3. The van der Waals surface area contributed by atoms with Crippen LogP contribution in [0, 0.1) is 11.6 Å². The molecule has 0 bridgehead atoms. The maximum absolute atomic E-state index is 13.1. The Morgan fingerprint density at radius 1 is 1.32 bits per heavy atom. The highest BCUT2D eigenvalue weighted by molar-refractivity contribution is 6.01. The molecular weight excluding hydrogens is 260 g/mol. The van der Waals surface area contributed by atoms with Gasteiger partial charge in [0.15, 0.2) is 6.10 Å². The molecule has 0 fully saturated rings. The van der Waals surface area contributed by atoms with Gasteiger partial charge in [-0.1, -0.05) is 0 Å². The Balaban J connectivity index is 2.31. The van der Waals surface area contributed by atoms with E-state index in [0.717, 1.165) is 19.1 Å². The topological polar surface area (TPSA) is 78.6 Å². The van der Waals surface area contributed by atoms with E-state index >= 15 is 0 Å². The highest BCUT2D eigenvalue weighted by Crippen LogP contribution is 2.32. The summed E-state index contributed by atoms with van der Waals surface area (Å²) in [5, 5.41) is 0. The van der Waals surface area contributed by atoms with E-state index in [9.17, 15) is 18.4 Å². The number of carbonyl (C=O) groups is 2.